The Morgan fingerprint density at radius 1 is 0.935 bits per heavy atom. The predicted molar refractivity (Wildman–Crippen MR) is 130 cm³/mol. The van der Waals surface area contributed by atoms with E-state index in [9.17, 15) is 13.2 Å². The maximum atomic E-state index is 12.9. The van der Waals surface area contributed by atoms with Gasteiger partial charge in [0.1, 0.15) is 0 Å². The Morgan fingerprint density at radius 2 is 1.65 bits per heavy atom. The fraction of sp³-hybridized carbons (Fsp3) is 0.0952. The lowest BCUT2D eigenvalue weighted by atomic mass is 10.1. The zero-order valence-electron chi connectivity index (χ0n) is 16.2. The number of carbonyl (C=O) groups excluding carboxylic acids is 1. The average Bonchev–Trinajstić information content (AvgIpc) is 2.72. The van der Waals surface area contributed by atoms with E-state index in [1.54, 1.807) is 23.9 Å². The molecule has 0 bridgehead atoms. The van der Waals surface area contributed by atoms with E-state index in [0.29, 0.717) is 5.69 Å². The fourth-order valence-corrected chi connectivity index (χ4v) is 4.94. The molecule has 3 aromatic rings. The lowest BCUT2D eigenvalue weighted by molar-refractivity contribution is 0.102. The molecule has 0 atom stereocenters. The lowest BCUT2D eigenvalue weighted by Gasteiger charge is -2.14. The second kappa shape index (κ2) is 10.1. The third-order valence-corrected chi connectivity index (χ3v) is 7.33. The smallest absolute Gasteiger partial charge is 0.261 e. The first-order valence-corrected chi connectivity index (χ1v) is 12.6. The topological polar surface area (TPSA) is 75.3 Å². The Morgan fingerprint density at radius 3 is 2.29 bits per heavy atom. The molecule has 0 radical (unpaired) electrons. The first-order valence-electron chi connectivity index (χ1n) is 9.01. The summed E-state index contributed by atoms with van der Waals surface area (Å²) in [5.74, 6) is 0.432. The van der Waals surface area contributed by atoms with Crippen molar-refractivity contribution in [2.75, 3.05) is 15.8 Å². The summed E-state index contributed by atoms with van der Waals surface area (Å²) in [6.07, 6.45) is 0. The Hall–Kier alpha value is -1.90. The van der Waals surface area contributed by atoms with Crippen LogP contribution in [-0.4, -0.2) is 20.1 Å². The van der Waals surface area contributed by atoms with Gasteiger partial charge in [0.15, 0.2) is 0 Å². The summed E-state index contributed by atoms with van der Waals surface area (Å²) in [6, 6.07) is 15.6. The van der Waals surface area contributed by atoms with Crippen LogP contribution in [0.4, 0.5) is 11.4 Å². The number of hydrogen-bond acceptors (Lipinski definition) is 4. The van der Waals surface area contributed by atoms with Crippen LogP contribution in [0.5, 0.6) is 0 Å². The van der Waals surface area contributed by atoms with Crippen LogP contribution in [0.2, 0.25) is 15.1 Å². The highest BCUT2D eigenvalue weighted by Crippen LogP contribution is 2.28. The van der Waals surface area contributed by atoms with Crippen LogP contribution in [0.3, 0.4) is 0 Å². The monoisotopic (exact) mass is 514 g/mol. The van der Waals surface area contributed by atoms with Crippen LogP contribution in [0.25, 0.3) is 0 Å². The standard InChI is InChI=1S/C21H17Cl3N2O3S2/c1-2-30-15-6-4-14(5-7-15)25-21(27)17-11-13(22)3-10-20(17)26-31(28,29)16-8-9-18(23)19(24)12-16/h3-12,26H,2H2,1H3,(H,25,27). The third-order valence-electron chi connectivity index (χ3n) is 4.10. The summed E-state index contributed by atoms with van der Waals surface area (Å²) in [6.45, 7) is 2.06. The summed E-state index contributed by atoms with van der Waals surface area (Å²) in [7, 11) is -4.03. The first-order chi connectivity index (χ1) is 14.7. The number of carbonyl (C=O) groups is 1. The second-order valence-electron chi connectivity index (χ2n) is 6.28. The minimum Gasteiger partial charge on any atom is -0.322 e. The van der Waals surface area contributed by atoms with Gasteiger partial charge >= 0.3 is 0 Å². The zero-order valence-corrected chi connectivity index (χ0v) is 20.1. The van der Waals surface area contributed by atoms with E-state index < -0.39 is 15.9 Å². The number of thioether (sulfide) groups is 1. The molecule has 0 fully saturated rings. The lowest BCUT2D eigenvalue weighted by Crippen LogP contribution is -2.18. The molecule has 1 amide bonds. The number of nitrogens with one attached hydrogen (secondary N) is 2. The Bertz CT molecular complexity index is 1220. The van der Waals surface area contributed by atoms with Crippen molar-refractivity contribution in [3.05, 3.63) is 81.3 Å². The van der Waals surface area contributed by atoms with Crippen molar-refractivity contribution in [1.82, 2.24) is 0 Å². The molecule has 2 N–H and O–H groups in total. The SMILES string of the molecule is CCSc1ccc(NC(=O)c2cc(Cl)ccc2NS(=O)(=O)c2ccc(Cl)c(Cl)c2)cc1. The average molecular weight is 516 g/mol. The van der Waals surface area contributed by atoms with Gasteiger partial charge in [0.25, 0.3) is 15.9 Å². The number of rotatable bonds is 7. The number of hydrogen-bond donors (Lipinski definition) is 2. The second-order valence-corrected chi connectivity index (χ2v) is 10.6. The highest BCUT2D eigenvalue weighted by Gasteiger charge is 2.20. The van der Waals surface area contributed by atoms with Crippen LogP contribution in [-0.2, 0) is 10.0 Å². The molecule has 3 rings (SSSR count). The summed E-state index contributed by atoms with van der Waals surface area (Å²) < 4.78 is 28.0. The van der Waals surface area contributed by atoms with Gasteiger partial charge in [-0.15, -0.1) is 11.8 Å². The highest BCUT2D eigenvalue weighted by atomic mass is 35.5. The fourth-order valence-electron chi connectivity index (χ4n) is 2.64. The van der Waals surface area contributed by atoms with Gasteiger partial charge in [-0.1, -0.05) is 41.7 Å². The number of sulfonamides is 1. The molecule has 0 spiro atoms. The number of anilines is 2. The first kappa shape index (κ1) is 23.8. The molecule has 0 aliphatic carbocycles. The predicted octanol–water partition coefficient (Wildman–Crippen LogP) is 6.81. The van der Waals surface area contributed by atoms with Gasteiger partial charge < -0.3 is 5.32 Å². The van der Waals surface area contributed by atoms with Crippen LogP contribution in [0.15, 0.2) is 70.5 Å². The van der Waals surface area contributed by atoms with Crippen molar-refractivity contribution in [3.63, 3.8) is 0 Å². The molecular weight excluding hydrogens is 499 g/mol. The van der Waals surface area contributed by atoms with Crippen molar-refractivity contribution in [3.8, 4) is 0 Å². The molecule has 0 aliphatic rings. The van der Waals surface area contributed by atoms with E-state index in [2.05, 4.69) is 17.0 Å². The van der Waals surface area contributed by atoms with Crippen LogP contribution >= 0.6 is 46.6 Å². The van der Waals surface area contributed by atoms with Crippen LogP contribution in [0, 0.1) is 0 Å². The normalized spacial score (nSPS) is 11.2. The summed E-state index contributed by atoms with van der Waals surface area (Å²) in [5, 5.41) is 3.38. The van der Waals surface area contributed by atoms with E-state index >= 15 is 0 Å². The molecular formula is C21H17Cl3N2O3S2. The molecule has 0 saturated carbocycles. The van der Waals surface area contributed by atoms with Crippen molar-refractivity contribution >= 4 is 73.9 Å². The van der Waals surface area contributed by atoms with Crippen LogP contribution < -0.4 is 10.0 Å². The molecule has 162 valence electrons. The Labute approximate surface area is 200 Å². The zero-order chi connectivity index (χ0) is 22.6. The molecule has 0 aliphatic heterocycles. The molecule has 0 heterocycles. The number of benzene rings is 3. The summed E-state index contributed by atoms with van der Waals surface area (Å²) in [4.78, 5) is 13.9. The quantitative estimate of drug-likeness (QED) is 0.339. The van der Waals surface area contributed by atoms with Gasteiger partial charge in [0.05, 0.1) is 26.2 Å². The molecule has 31 heavy (non-hydrogen) atoms. The van der Waals surface area contributed by atoms with Crippen LogP contribution in [0.1, 0.15) is 17.3 Å². The largest absolute Gasteiger partial charge is 0.322 e. The Balaban J connectivity index is 1.87. The molecule has 5 nitrogen and oxygen atoms in total. The highest BCUT2D eigenvalue weighted by molar-refractivity contribution is 7.99. The van der Waals surface area contributed by atoms with Crippen molar-refractivity contribution in [2.24, 2.45) is 0 Å². The maximum absolute atomic E-state index is 12.9. The summed E-state index contributed by atoms with van der Waals surface area (Å²) in [5.41, 5.74) is 0.720. The number of amides is 1. The van der Waals surface area contributed by atoms with Crippen molar-refractivity contribution < 1.29 is 13.2 Å². The van der Waals surface area contributed by atoms with Gasteiger partial charge in [-0.05, 0) is 66.4 Å². The van der Waals surface area contributed by atoms with Gasteiger partial charge in [0, 0.05) is 15.6 Å². The minimum atomic E-state index is -4.03. The molecule has 0 unspecified atom stereocenters. The van der Waals surface area contributed by atoms with Gasteiger partial charge in [0.2, 0.25) is 0 Å². The van der Waals surface area contributed by atoms with E-state index in [-0.39, 0.29) is 31.2 Å². The third kappa shape index (κ3) is 6.08. The van der Waals surface area contributed by atoms with E-state index in [1.807, 2.05) is 12.1 Å². The molecule has 0 saturated heterocycles. The van der Waals surface area contributed by atoms with Gasteiger partial charge in [-0.3, -0.25) is 9.52 Å². The van der Waals surface area contributed by atoms with Crippen molar-refractivity contribution in [1.29, 1.82) is 0 Å². The number of halogens is 3. The molecule has 10 heteroatoms. The van der Waals surface area contributed by atoms with Gasteiger partial charge in [-0.25, -0.2) is 8.42 Å². The molecule has 3 aromatic carbocycles. The van der Waals surface area contributed by atoms with Gasteiger partial charge in [-0.2, -0.15) is 0 Å². The summed E-state index contributed by atoms with van der Waals surface area (Å²) >= 11 is 19.5. The molecule has 0 aromatic heterocycles. The van der Waals surface area contributed by atoms with Crippen molar-refractivity contribution in [2.45, 2.75) is 16.7 Å². The van der Waals surface area contributed by atoms with E-state index in [4.69, 9.17) is 34.8 Å². The van der Waals surface area contributed by atoms with E-state index in [1.165, 1.54) is 36.4 Å². The maximum Gasteiger partial charge on any atom is 0.261 e. The Kier molecular flexibility index (Phi) is 7.78. The minimum absolute atomic E-state index is 0.0724. The van der Waals surface area contributed by atoms with E-state index in [0.717, 1.165) is 10.6 Å².